The Bertz CT molecular complexity index is 245. The van der Waals surface area contributed by atoms with E-state index in [9.17, 15) is 0 Å². The summed E-state index contributed by atoms with van der Waals surface area (Å²) < 4.78 is 0. The second-order valence-electron chi connectivity index (χ2n) is 3.27. The standard InChI is InChI=1S/C10H13N2/c1-12-7-3-5-10(12)9-4-2-6-11-8-9/h2-4,6,8,10H,5,7H2,1H3/q-1/t10-/m0/s1. The molecule has 1 aliphatic rings. The number of likely N-dealkylation sites (tertiary alicyclic amines) is 1. The molecule has 1 atom stereocenters. The average molecular weight is 161 g/mol. The minimum Gasteiger partial charge on any atom is -0.331 e. The van der Waals surface area contributed by atoms with Gasteiger partial charge in [0.1, 0.15) is 0 Å². The van der Waals surface area contributed by atoms with E-state index in [2.05, 4.69) is 29.4 Å². The molecule has 0 saturated carbocycles. The van der Waals surface area contributed by atoms with Gasteiger partial charge in [0.15, 0.2) is 0 Å². The van der Waals surface area contributed by atoms with Gasteiger partial charge in [-0.3, -0.25) is 4.98 Å². The zero-order valence-electron chi connectivity index (χ0n) is 7.27. The maximum Gasteiger partial charge on any atom is 0.0314 e. The molecule has 0 amide bonds. The Morgan fingerprint density at radius 3 is 3.17 bits per heavy atom. The van der Waals surface area contributed by atoms with Crippen molar-refractivity contribution < 1.29 is 0 Å². The van der Waals surface area contributed by atoms with E-state index in [-0.39, 0.29) is 0 Å². The SMILES string of the molecule is CN1C[CH-]C[C@H]1c1cccnc1. The van der Waals surface area contributed by atoms with Crippen LogP contribution in [0, 0.1) is 6.42 Å². The highest BCUT2D eigenvalue weighted by atomic mass is 15.1. The normalized spacial score (nSPS) is 24.6. The molecule has 12 heavy (non-hydrogen) atoms. The van der Waals surface area contributed by atoms with Crippen molar-refractivity contribution in [1.82, 2.24) is 9.88 Å². The first-order valence-electron chi connectivity index (χ1n) is 4.30. The summed E-state index contributed by atoms with van der Waals surface area (Å²) >= 11 is 0. The maximum atomic E-state index is 4.12. The van der Waals surface area contributed by atoms with Gasteiger partial charge in [0.25, 0.3) is 0 Å². The molecule has 1 aliphatic heterocycles. The van der Waals surface area contributed by atoms with Gasteiger partial charge >= 0.3 is 0 Å². The Balaban J connectivity index is 2.19. The van der Waals surface area contributed by atoms with Crippen LogP contribution in [-0.4, -0.2) is 23.5 Å². The lowest BCUT2D eigenvalue weighted by Crippen LogP contribution is -2.17. The van der Waals surface area contributed by atoms with E-state index in [1.54, 1.807) is 0 Å². The number of rotatable bonds is 1. The Labute approximate surface area is 73.2 Å². The van der Waals surface area contributed by atoms with Crippen LogP contribution in [0.4, 0.5) is 0 Å². The molecule has 2 heterocycles. The second-order valence-corrected chi connectivity index (χ2v) is 3.27. The van der Waals surface area contributed by atoms with Crippen LogP contribution in [0.5, 0.6) is 0 Å². The quantitative estimate of drug-likeness (QED) is 0.582. The fourth-order valence-electron chi connectivity index (χ4n) is 1.71. The number of pyridine rings is 1. The van der Waals surface area contributed by atoms with E-state index in [1.807, 2.05) is 18.5 Å². The van der Waals surface area contributed by atoms with E-state index in [1.165, 1.54) is 5.56 Å². The van der Waals surface area contributed by atoms with Crippen molar-refractivity contribution in [1.29, 1.82) is 0 Å². The second kappa shape index (κ2) is 3.23. The molecule has 0 aromatic carbocycles. The molecule has 0 spiro atoms. The van der Waals surface area contributed by atoms with Crippen molar-refractivity contribution in [2.75, 3.05) is 13.6 Å². The number of aromatic nitrogens is 1. The van der Waals surface area contributed by atoms with Crippen LogP contribution in [0.25, 0.3) is 0 Å². The van der Waals surface area contributed by atoms with Crippen LogP contribution in [0.1, 0.15) is 18.0 Å². The highest BCUT2D eigenvalue weighted by Gasteiger charge is 2.15. The average Bonchev–Trinajstić information content (AvgIpc) is 2.53. The highest BCUT2D eigenvalue weighted by molar-refractivity contribution is 5.16. The van der Waals surface area contributed by atoms with Gasteiger partial charge in [-0.1, -0.05) is 6.07 Å². The van der Waals surface area contributed by atoms with Crippen LogP contribution < -0.4 is 0 Å². The van der Waals surface area contributed by atoms with Crippen LogP contribution in [0.2, 0.25) is 0 Å². The van der Waals surface area contributed by atoms with E-state index >= 15 is 0 Å². The van der Waals surface area contributed by atoms with Crippen LogP contribution >= 0.6 is 0 Å². The van der Waals surface area contributed by atoms with E-state index in [0.29, 0.717) is 6.04 Å². The molecule has 2 nitrogen and oxygen atoms in total. The molecule has 2 heteroatoms. The van der Waals surface area contributed by atoms with Gasteiger partial charge in [-0.15, -0.1) is 6.54 Å². The largest absolute Gasteiger partial charge is 0.331 e. The molecule has 1 saturated heterocycles. The molecule has 0 bridgehead atoms. The summed E-state index contributed by atoms with van der Waals surface area (Å²) in [6, 6.07) is 4.70. The van der Waals surface area contributed by atoms with Gasteiger partial charge in [-0.05, 0) is 18.7 Å². The van der Waals surface area contributed by atoms with Crippen molar-refractivity contribution in [3.8, 4) is 0 Å². The molecular weight excluding hydrogens is 148 g/mol. The van der Waals surface area contributed by atoms with Gasteiger partial charge in [0.05, 0.1) is 0 Å². The van der Waals surface area contributed by atoms with Gasteiger partial charge < -0.3 is 11.3 Å². The van der Waals surface area contributed by atoms with Gasteiger partial charge in [0.2, 0.25) is 0 Å². The van der Waals surface area contributed by atoms with Crippen molar-refractivity contribution in [3.63, 3.8) is 0 Å². The van der Waals surface area contributed by atoms with Gasteiger partial charge in [0, 0.05) is 18.4 Å². The van der Waals surface area contributed by atoms with Crippen molar-refractivity contribution in [3.05, 3.63) is 36.5 Å². The third kappa shape index (κ3) is 1.34. The monoisotopic (exact) mass is 161 g/mol. The molecule has 0 aliphatic carbocycles. The molecule has 1 aromatic rings. The molecular formula is C10H13N2-. The highest BCUT2D eigenvalue weighted by Crippen LogP contribution is 2.28. The van der Waals surface area contributed by atoms with Gasteiger partial charge in [-0.2, -0.15) is 6.42 Å². The first-order valence-corrected chi connectivity index (χ1v) is 4.30. The minimum atomic E-state index is 0.554. The molecule has 0 N–H and O–H groups in total. The topological polar surface area (TPSA) is 16.1 Å². The zero-order valence-corrected chi connectivity index (χ0v) is 7.27. The van der Waals surface area contributed by atoms with Crippen LogP contribution in [0.3, 0.4) is 0 Å². The molecule has 1 fully saturated rings. The van der Waals surface area contributed by atoms with E-state index in [4.69, 9.17) is 0 Å². The lowest BCUT2D eigenvalue weighted by Gasteiger charge is -2.22. The number of hydrogen-bond donors (Lipinski definition) is 0. The summed E-state index contributed by atoms with van der Waals surface area (Å²) in [7, 11) is 2.15. The van der Waals surface area contributed by atoms with Crippen molar-refractivity contribution >= 4 is 0 Å². The fourth-order valence-corrected chi connectivity index (χ4v) is 1.71. The summed E-state index contributed by atoms with van der Waals surface area (Å²) in [5.74, 6) is 0. The number of hydrogen-bond acceptors (Lipinski definition) is 2. The fraction of sp³-hybridized carbons (Fsp3) is 0.400. The van der Waals surface area contributed by atoms with Crippen LogP contribution in [-0.2, 0) is 0 Å². The van der Waals surface area contributed by atoms with Crippen molar-refractivity contribution in [2.24, 2.45) is 0 Å². The zero-order chi connectivity index (χ0) is 8.39. The van der Waals surface area contributed by atoms with Gasteiger partial charge in [-0.25, -0.2) is 0 Å². The Hall–Kier alpha value is -0.890. The summed E-state index contributed by atoms with van der Waals surface area (Å²) in [5, 5.41) is 0. The minimum absolute atomic E-state index is 0.554. The Kier molecular flexibility index (Phi) is 2.09. The van der Waals surface area contributed by atoms with Crippen molar-refractivity contribution in [2.45, 2.75) is 12.5 Å². The van der Waals surface area contributed by atoms with Crippen LogP contribution in [0.15, 0.2) is 24.5 Å². The molecule has 1 aromatic heterocycles. The summed E-state index contributed by atoms with van der Waals surface area (Å²) in [6.07, 6.45) is 7.25. The molecule has 2 rings (SSSR count). The van der Waals surface area contributed by atoms with E-state index in [0.717, 1.165) is 13.0 Å². The Morgan fingerprint density at radius 1 is 1.67 bits per heavy atom. The summed E-state index contributed by atoms with van der Waals surface area (Å²) in [5.41, 5.74) is 1.33. The lowest BCUT2D eigenvalue weighted by atomic mass is 10.1. The predicted octanol–water partition coefficient (Wildman–Crippen LogP) is 1.66. The molecule has 64 valence electrons. The van der Waals surface area contributed by atoms with E-state index < -0.39 is 0 Å². The Morgan fingerprint density at radius 2 is 2.58 bits per heavy atom. The first-order chi connectivity index (χ1) is 5.88. The molecule has 0 radical (unpaired) electrons. The third-order valence-electron chi connectivity index (χ3n) is 2.41. The number of nitrogens with zero attached hydrogens (tertiary/aromatic N) is 2. The first kappa shape index (κ1) is 7.74. The molecule has 0 unspecified atom stereocenters. The lowest BCUT2D eigenvalue weighted by molar-refractivity contribution is 0.318. The maximum absolute atomic E-state index is 4.12. The summed E-state index contributed by atoms with van der Waals surface area (Å²) in [4.78, 5) is 6.47. The third-order valence-corrected chi connectivity index (χ3v) is 2.41. The summed E-state index contributed by atoms with van der Waals surface area (Å²) in [6.45, 7) is 1.10. The predicted molar refractivity (Wildman–Crippen MR) is 48.5 cm³/mol. The smallest absolute Gasteiger partial charge is 0.0314 e.